The molecule has 0 bridgehead atoms. The summed E-state index contributed by atoms with van der Waals surface area (Å²) < 4.78 is 38.7. The van der Waals surface area contributed by atoms with Crippen LogP contribution in [0.2, 0.25) is 0 Å². The summed E-state index contributed by atoms with van der Waals surface area (Å²) in [5.41, 5.74) is 3.76. The second kappa shape index (κ2) is 5.21. The number of halogens is 3. The number of alkyl halides is 3. The van der Waals surface area contributed by atoms with Gasteiger partial charge in [-0.05, 0) is 24.5 Å². The van der Waals surface area contributed by atoms with Gasteiger partial charge in [0.25, 0.3) is 0 Å². The first kappa shape index (κ1) is 13.5. The molecule has 0 heterocycles. The molecule has 0 fully saturated rings. The molecule has 1 amide bonds. The van der Waals surface area contributed by atoms with Crippen molar-refractivity contribution in [2.75, 3.05) is 0 Å². The Morgan fingerprint density at radius 2 is 2.00 bits per heavy atom. The highest BCUT2D eigenvalue weighted by Gasteiger charge is 2.36. The van der Waals surface area contributed by atoms with Gasteiger partial charge in [0.2, 0.25) is 5.91 Å². The summed E-state index contributed by atoms with van der Waals surface area (Å²) in [6.45, 7) is 1.89. The lowest BCUT2D eigenvalue weighted by Gasteiger charge is -2.15. The fraction of sp³-hybridized carbons (Fsp3) is 0.417. The maximum absolute atomic E-state index is 12.9. The number of unbranched alkanes of at least 4 members (excludes halogenated alkanes) is 1. The Morgan fingerprint density at radius 3 is 2.47 bits per heavy atom. The van der Waals surface area contributed by atoms with Crippen molar-refractivity contribution < 1.29 is 18.0 Å². The molecule has 1 aromatic rings. The molecule has 2 nitrogen and oxygen atoms in total. The first-order valence-corrected chi connectivity index (χ1v) is 5.36. The maximum Gasteiger partial charge on any atom is 0.417 e. The highest BCUT2D eigenvalue weighted by atomic mass is 19.4. The highest BCUT2D eigenvalue weighted by molar-refractivity contribution is 5.94. The van der Waals surface area contributed by atoms with Crippen LogP contribution in [0.3, 0.4) is 0 Å². The van der Waals surface area contributed by atoms with Crippen molar-refractivity contribution in [3.63, 3.8) is 0 Å². The van der Waals surface area contributed by atoms with Crippen LogP contribution in [-0.2, 0) is 12.6 Å². The van der Waals surface area contributed by atoms with E-state index in [1.165, 1.54) is 12.1 Å². The van der Waals surface area contributed by atoms with Gasteiger partial charge in [0.05, 0.1) is 11.1 Å². The van der Waals surface area contributed by atoms with Crippen LogP contribution in [0.4, 0.5) is 13.2 Å². The van der Waals surface area contributed by atoms with Crippen LogP contribution >= 0.6 is 0 Å². The molecule has 1 aromatic carbocycles. The second-order valence-electron chi connectivity index (χ2n) is 3.81. The molecule has 0 radical (unpaired) electrons. The molecule has 1 rings (SSSR count). The Bertz CT molecular complexity index is 413. The first-order valence-electron chi connectivity index (χ1n) is 5.36. The molecule has 5 heteroatoms. The van der Waals surface area contributed by atoms with Crippen molar-refractivity contribution in [3.05, 3.63) is 34.9 Å². The molecule has 0 aliphatic heterocycles. The minimum Gasteiger partial charge on any atom is -0.366 e. The van der Waals surface area contributed by atoms with Gasteiger partial charge in [0.15, 0.2) is 0 Å². The summed E-state index contributed by atoms with van der Waals surface area (Å²) >= 11 is 0. The van der Waals surface area contributed by atoms with Crippen LogP contribution in [-0.4, -0.2) is 5.91 Å². The summed E-state index contributed by atoms with van der Waals surface area (Å²) in [4.78, 5) is 11.0. The van der Waals surface area contributed by atoms with Crippen molar-refractivity contribution >= 4 is 5.91 Å². The van der Waals surface area contributed by atoms with Gasteiger partial charge in [-0.3, -0.25) is 4.79 Å². The number of hydrogen-bond donors (Lipinski definition) is 1. The minimum absolute atomic E-state index is 0.135. The number of benzene rings is 1. The molecule has 0 unspecified atom stereocenters. The second-order valence-corrected chi connectivity index (χ2v) is 3.81. The van der Waals surface area contributed by atoms with Gasteiger partial charge in [-0.2, -0.15) is 13.2 Å². The first-order chi connectivity index (χ1) is 7.88. The molecular weight excluding hydrogens is 231 g/mol. The number of rotatable bonds is 4. The van der Waals surface area contributed by atoms with Gasteiger partial charge in [-0.15, -0.1) is 0 Å². The summed E-state index contributed by atoms with van der Waals surface area (Å²) in [6.07, 6.45) is -2.81. The molecule has 17 heavy (non-hydrogen) atoms. The Kier molecular flexibility index (Phi) is 4.15. The van der Waals surface area contributed by atoms with E-state index in [1.807, 2.05) is 6.92 Å². The van der Waals surface area contributed by atoms with Crippen molar-refractivity contribution in [1.29, 1.82) is 0 Å². The predicted molar refractivity (Wildman–Crippen MR) is 58.6 cm³/mol. The zero-order valence-corrected chi connectivity index (χ0v) is 9.47. The number of carbonyl (C=O) groups is 1. The molecule has 0 aliphatic carbocycles. The number of aryl methyl sites for hydroxylation is 1. The molecular formula is C12H14F3NO. The summed E-state index contributed by atoms with van der Waals surface area (Å²) in [6, 6.07) is 3.94. The topological polar surface area (TPSA) is 43.1 Å². The van der Waals surface area contributed by atoms with Gasteiger partial charge >= 0.3 is 6.18 Å². The molecule has 0 saturated heterocycles. The Hall–Kier alpha value is -1.52. The minimum atomic E-state index is -4.55. The average Bonchev–Trinajstić information content (AvgIpc) is 2.24. The van der Waals surface area contributed by atoms with E-state index >= 15 is 0 Å². The fourth-order valence-corrected chi connectivity index (χ4v) is 1.72. The molecule has 0 aromatic heterocycles. The van der Waals surface area contributed by atoms with Crippen LogP contribution in [0.1, 0.15) is 41.3 Å². The third-order valence-electron chi connectivity index (χ3n) is 2.50. The van der Waals surface area contributed by atoms with Crippen LogP contribution in [0.25, 0.3) is 0 Å². The van der Waals surface area contributed by atoms with Crippen molar-refractivity contribution in [2.45, 2.75) is 32.4 Å². The third kappa shape index (κ3) is 3.22. The van der Waals surface area contributed by atoms with E-state index in [0.717, 1.165) is 12.5 Å². The SMILES string of the molecule is CCCCc1cccc(C(N)=O)c1C(F)(F)F. The van der Waals surface area contributed by atoms with Gasteiger partial charge in [0, 0.05) is 0 Å². The zero-order chi connectivity index (χ0) is 13.1. The molecule has 2 N–H and O–H groups in total. The van der Waals surface area contributed by atoms with Crippen molar-refractivity contribution in [3.8, 4) is 0 Å². The molecule has 0 atom stereocenters. The molecule has 0 aliphatic rings. The van der Waals surface area contributed by atoms with Crippen LogP contribution < -0.4 is 5.73 Å². The Morgan fingerprint density at radius 1 is 1.35 bits per heavy atom. The third-order valence-corrected chi connectivity index (χ3v) is 2.50. The van der Waals surface area contributed by atoms with E-state index in [4.69, 9.17) is 5.73 Å². The number of amides is 1. The monoisotopic (exact) mass is 245 g/mol. The zero-order valence-electron chi connectivity index (χ0n) is 9.47. The van der Waals surface area contributed by atoms with Gasteiger partial charge < -0.3 is 5.73 Å². The summed E-state index contributed by atoms with van der Waals surface area (Å²) in [5.74, 6) is -1.05. The van der Waals surface area contributed by atoms with Gasteiger partial charge in [-0.1, -0.05) is 25.5 Å². The van der Waals surface area contributed by atoms with Crippen LogP contribution in [0, 0.1) is 0 Å². The number of primary amides is 1. The summed E-state index contributed by atoms with van der Waals surface area (Å²) in [5, 5.41) is 0. The molecule has 94 valence electrons. The maximum atomic E-state index is 12.9. The van der Waals surface area contributed by atoms with E-state index < -0.39 is 23.2 Å². The summed E-state index contributed by atoms with van der Waals surface area (Å²) in [7, 11) is 0. The number of hydrogen-bond acceptors (Lipinski definition) is 1. The standard InChI is InChI=1S/C12H14F3NO/c1-2-3-5-8-6-4-7-9(11(16)17)10(8)12(13,14)15/h4,6-7H,2-3,5H2,1H3,(H2,16,17). The van der Waals surface area contributed by atoms with E-state index in [-0.39, 0.29) is 5.56 Å². The van der Waals surface area contributed by atoms with E-state index in [1.54, 1.807) is 0 Å². The van der Waals surface area contributed by atoms with Crippen LogP contribution in [0.15, 0.2) is 18.2 Å². The van der Waals surface area contributed by atoms with Crippen molar-refractivity contribution in [1.82, 2.24) is 0 Å². The van der Waals surface area contributed by atoms with E-state index in [2.05, 4.69) is 0 Å². The lowest BCUT2D eigenvalue weighted by Crippen LogP contribution is -2.20. The lowest BCUT2D eigenvalue weighted by molar-refractivity contribution is -0.138. The Balaban J connectivity index is 3.30. The molecule has 0 saturated carbocycles. The fourth-order valence-electron chi connectivity index (χ4n) is 1.72. The van der Waals surface area contributed by atoms with Crippen LogP contribution in [0.5, 0.6) is 0 Å². The normalized spacial score (nSPS) is 11.5. The quantitative estimate of drug-likeness (QED) is 0.870. The van der Waals surface area contributed by atoms with Gasteiger partial charge in [-0.25, -0.2) is 0 Å². The average molecular weight is 245 g/mol. The largest absolute Gasteiger partial charge is 0.417 e. The lowest BCUT2D eigenvalue weighted by atomic mass is 9.96. The predicted octanol–water partition coefficient (Wildman–Crippen LogP) is 3.15. The van der Waals surface area contributed by atoms with Gasteiger partial charge in [0.1, 0.15) is 0 Å². The smallest absolute Gasteiger partial charge is 0.366 e. The molecule has 0 spiro atoms. The number of nitrogens with two attached hydrogens (primary N) is 1. The highest BCUT2D eigenvalue weighted by Crippen LogP contribution is 2.35. The van der Waals surface area contributed by atoms with E-state index in [0.29, 0.717) is 12.8 Å². The van der Waals surface area contributed by atoms with Crippen molar-refractivity contribution in [2.24, 2.45) is 5.73 Å². The Labute approximate surface area is 97.6 Å². The van der Waals surface area contributed by atoms with E-state index in [9.17, 15) is 18.0 Å². The number of carbonyl (C=O) groups excluding carboxylic acids is 1.